The average molecular weight is 357 g/mol. The minimum Gasteiger partial charge on any atom is -0.377 e. The van der Waals surface area contributed by atoms with Crippen LogP contribution in [0.4, 0.5) is 5.69 Å². The van der Waals surface area contributed by atoms with E-state index in [1.165, 1.54) is 11.3 Å². The van der Waals surface area contributed by atoms with Crippen LogP contribution in [0.3, 0.4) is 0 Å². The molecule has 0 aliphatic carbocycles. The second kappa shape index (κ2) is 7.58. The molecule has 0 aromatic heterocycles. The predicted molar refractivity (Wildman–Crippen MR) is 90.0 cm³/mol. The first-order valence-electron chi connectivity index (χ1n) is 7.44. The Bertz CT molecular complexity index is 458. The van der Waals surface area contributed by atoms with E-state index >= 15 is 0 Å². The van der Waals surface area contributed by atoms with Crippen molar-refractivity contribution in [2.75, 3.05) is 38.8 Å². The number of hydrogen-bond acceptors (Lipinski definition) is 4. The van der Waals surface area contributed by atoms with E-state index in [1.54, 1.807) is 14.2 Å². The highest BCUT2D eigenvalue weighted by atomic mass is 79.9. The summed E-state index contributed by atoms with van der Waals surface area (Å²) in [6.45, 7) is 7.00. The minimum atomic E-state index is 0.133. The molecule has 1 fully saturated rings. The molecule has 3 unspecified atom stereocenters. The maximum absolute atomic E-state index is 5.50. The molecule has 1 aromatic carbocycles. The van der Waals surface area contributed by atoms with Crippen LogP contribution >= 0.6 is 15.9 Å². The Morgan fingerprint density at radius 1 is 1.29 bits per heavy atom. The van der Waals surface area contributed by atoms with Crippen LogP contribution in [0.1, 0.15) is 25.5 Å². The average Bonchev–Trinajstić information content (AvgIpc) is 2.90. The Labute approximate surface area is 135 Å². The Morgan fingerprint density at radius 3 is 2.38 bits per heavy atom. The van der Waals surface area contributed by atoms with Gasteiger partial charge < -0.3 is 19.7 Å². The summed E-state index contributed by atoms with van der Waals surface area (Å²) in [7, 11) is 3.49. The van der Waals surface area contributed by atoms with Crippen LogP contribution in [0, 0.1) is 0 Å². The van der Waals surface area contributed by atoms with Gasteiger partial charge in [-0.1, -0.05) is 28.9 Å². The topological polar surface area (TPSA) is 33.7 Å². The molecule has 1 aliphatic rings. The predicted octanol–water partition coefficient (Wildman–Crippen LogP) is 2.97. The minimum absolute atomic E-state index is 0.133. The lowest BCUT2D eigenvalue weighted by atomic mass is 10.1. The summed E-state index contributed by atoms with van der Waals surface area (Å²) >= 11 is 3.70. The lowest BCUT2D eigenvalue weighted by Gasteiger charge is -2.21. The Morgan fingerprint density at radius 2 is 1.90 bits per heavy atom. The van der Waals surface area contributed by atoms with Crippen LogP contribution in [-0.2, 0) is 9.47 Å². The fourth-order valence-corrected chi connectivity index (χ4v) is 3.60. The summed E-state index contributed by atoms with van der Waals surface area (Å²) in [5, 5.41) is 3.44. The maximum atomic E-state index is 5.50. The number of halogens is 1. The number of nitrogens with one attached hydrogen (secondary N) is 1. The van der Waals surface area contributed by atoms with Crippen LogP contribution in [0.15, 0.2) is 22.7 Å². The number of methoxy groups -OCH3 is 2. The van der Waals surface area contributed by atoms with Crippen molar-refractivity contribution in [3.8, 4) is 0 Å². The van der Waals surface area contributed by atoms with E-state index in [0.29, 0.717) is 6.04 Å². The standard InChI is InChI=1S/C16H25BrN2O2/c1-5-18-11(2)13-7-6-12(8-14(13)17)19-9-15(20-3)16(10-19)21-4/h6-8,11,15-16,18H,5,9-10H2,1-4H3. The molecule has 3 atom stereocenters. The second-order valence-electron chi connectivity index (χ2n) is 5.44. The molecule has 1 aromatic rings. The molecular weight excluding hydrogens is 332 g/mol. The largest absolute Gasteiger partial charge is 0.377 e. The lowest BCUT2D eigenvalue weighted by molar-refractivity contribution is -0.00461. The first-order valence-corrected chi connectivity index (χ1v) is 8.23. The number of benzene rings is 1. The molecule has 0 radical (unpaired) electrons. The fourth-order valence-electron chi connectivity index (χ4n) is 2.89. The molecule has 0 saturated carbocycles. The molecule has 118 valence electrons. The molecule has 1 heterocycles. The summed E-state index contributed by atoms with van der Waals surface area (Å²) in [6, 6.07) is 6.90. The first kappa shape index (κ1) is 16.7. The zero-order valence-corrected chi connectivity index (χ0v) is 14.8. The van der Waals surface area contributed by atoms with Crippen molar-refractivity contribution in [1.29, 1.82) is 0 Å². The van der Waals surface area contributed by atoms with Crippen LogP contribution in [0.25, 0.3) is 0 Å². The normalized spacial score (nSPS) is 23.6. The van der Waals surface area contributed by atoms with Crippen molar-refractivity contribution in [2.45, 2.75) is 32.1 Å². The van der Waals surface area contributed by atoms with Crippen molar-refractivity contribution in [2.24, 2.45) is 0 Å². The molecule has 1 aliphatic heterocycles. The monoisotopic (exact) mass is 356 g/mol. The third-order valence-corrected chi connectivity index (χ3v) is 4.83. The van der Waals surface area contributed by atoms with E-state index in [0.717, 1.165) is 24.1 Å². The zero-order chi connectivity index (χ0) is 15.4. The maximum Gasteiger partial charge on any atom is 0.102 e. The van der Waals surface area contributed by atoms with E-state index < -0.39 is 0 Å². The molecule has 0 spiro atoms. The third-order valence-electron chi connectivity index (χ3n) is 4.15. The zero-order valence-electron chi connectivity index (χ0n) is 13.2. The fraction of sp³-hybridized carbons (Fsp3) is 0.625. The van der Waals surface area contributed by atoms with Crippen molar-refractivity contribution in [3.05, 3.63) is 28.2 Å². The molecule has 5 heteroatoms. The summed E-state index contributed by atoms with van der Waals surface area (Å²) in [5.74, 6) is 0. The number of ether oxygens (including phenoxy) is 2. The van der Waals surface area contributed by atoms with Gasteiger partial charge in [-0.2, -0.15) is 0 Å². The Balaban J connectivity index is 2.13. The van der Waals surface area contributed by atoms with Crippen molar-refractivity contribution in [3.63, 3.8) is 0 Å². The number of hydrogen-bond donors (Lipinski definition) is 1. The van der Waals surface area contributed by atoms with E-state index in [2.05, 4.69) is 58.2 Å². The highest BCUT2D eigenvalue weighted by molar-refractivity contribution is 9.10. The van der Waals surface area contributed by atoms with Crippen molar-refractivity contribution in [1.82, 2.24) is 5.32 Å². The van der Waals surface area contributed by atoms with Gasteiger partial charge in [0.2, 0.25) is 0 Å². The molecule has 4 nitrogen and oxygen atoms in total. The third kappa shape index (κ3) is 3.77. The summed E-state index contributed by atoms with van der Waals surface area (Å²) < 4.78 is 12.1. The van der Waals surface area contributed by atoms with E-state index in [-0.39, 0.29) is 12.2 Å². The van der Waals surface area contributed by atoms with Gasteiger partial charge in [0.1, 0.15) is 12.2 Å². The number of rotatable bonds is 6. The second-order valence-corrected chi connectivity index (χ2v) is 6.29. The lowest BCUT2D eigenvalue weighted by Crippen LogP contribution is -2.27. The van der Waals surface area contributed by atoms with Gasteiger partial charge in [-0.15, -0.1) is 0 Å². The quantitative estimate of drug-likeness (QED) is 0.849. The van der Waals surface area contributed by atoms with Crippen LogP contribution in [0.5, 0.6) is 0 Å². The molecule has 0 bridgehead atoms. The van der Waals surface area contributed by atoms with Crippen molar-refractivity contribution < 1.29 is 9.47 Å². The van der Waals surface area contributed by atoms with Gasteiger partial charge in [0.25, 0.3) is 0 Å². The van der Waals surface area contributed by atoms with Gasteiger partial charge in [0, 0.05) is 43.5 Å². The highest BCUT2D eigenvalue weighted by Crippen LogP contribution is 2.30. The summed E-state index contributed by atoms with van der Waals surface area (Å²) in [5.41, 5.74) is 2.49. The van der Waals surface area contributed by atoms with Gasteiger partial charge in [0.15, 0.2) is 0 Å². The molecule has 21 heavy (non-hydrogen) atoms. The van der Waals surface area contributed by atoms with Crippen molar-refractivity contribution >= 4 is 21.6 Å². The van der Waals surface area contributed by atoms with Gasteiger partial charge in [-0.3, -0.25) is 0 Å². The van der Waals surface area contributed by atoms with E-state index in [1.807, 2.05) is 0 Å². The SMILES string of the molecule is CCNC(C)c1ccc(N2CC(OC)C(OC)C2)cc1Br. The van der Waals surface area contributed by atoms with Gasteiger partial charge >= 0.3 is 0 Å². The van der Waals surface area contributed by atoms with Crippen LogP contribution in [0.2, 0.25) is 0 Å². The number of nitrogens with zero attached hydrogens (tertiary/aromatic N) is 1. The van der Waals surface area contributed by atoms with Crippen LogP contribution < -0.4 is 10.2 Å². The molecule has 2 rings (SSSR count). The van der Waals surface area contributed by atoms with Crippen LogP contribution in [-0.4, -0.2) is 46.1 Å². The summed E-state index contributed by atoms with van der Waals surface area (Å²) in [6.07, 6.45) is 0.267. The van der Waals surface area contributed by atoms with E-state index in [9.17, 15) is 0 Å². The smallest absolute Gasteiger partial charge is 0.102 e. The van der Waals surface area contributed by atoms with E-state index in [4.69, 9.17) is 9.47 Å². The van der Waals surface area contributed by atoms with Gasteiger partial charge in [0.05, 0.1) is 0 Å². The Kier molecular flexibility index (Phi) is 6.05. The first-order chi connectivity index (χ1) is 10.1. The summed E-state index contributed by atoms with van der Waals surface area (Å²) in [4.78, 5) is 2.31. The Hall–Kier alpha value is -0.620. The molecule has 1 N–H and O–H groups in total. The molecule has 1 saturated heterocycles. The highest BCUT2D eigenvalue weighted by Gasteiger charge is 2.33. The molecule has 0 amide bonds. The number of anilines is 1. The van der Waals surface area contributed by atoms with Gasteiger partial charge in [-0.05, 0) is 31.2 Å². The van der Waals surface area contributed by atoms with Gasteiger partial charge in [-0.25, -0.2) is 0 Å². The molecular formula is C16H25BrN2O2.